The van der Waals surface area contributed by atoms with Gasteiger partial charge in [-0.05, 0) is 56.7 Å². The van der Waals surface area contributed by atoms with Crippen LogP contribution in [0.3, 0.4) is 0 Å². The Morgan fingerprint density at radius 3 is 2.48 bits per heavy atom. The van der Waals surface area contributed by atoms with E-state index < -0.39 is 16.5 Å². The Bertz CT molecular complexity index is 1000. The van der Waals surface area contributed by atoms with Gasteiger partial charge in [-0.25, -0.2) is 4.79 Å². The van der Waals surface area contributed by atoms with Crippen molar-refractivity contribution in [1.82, 2.24) is 0 Å². The monoisotopic (exact) mass is 397 g/mol. The van der Waals surface area contributed by atoms with Gasteiger partial charge in [-0.1, -0.05) is 0 Å². The van der Waals surface area contributed by atoms with Gasteiger partial charge in [-0.2, -0.15) is 0 Å². The molecule has 0 radical (unpaired) electrons. The zero-order chi connectivity index (χ0) is 21.2. The molecule has 0 aliphatic carbocycles. The van der Waals surface area contributed by atoms with Crippen molar-refractivity contribution in [3.05, 3.63) is 69.5 Å². The Hall–Kier alpha value is -3.68. The molecule has 1 aliphatic rings. The van der Waals surface area contributed by atoms with Crippen LogP contribution in [0.2, 0.25) is 0 Å². The average molecular weight is 397 g/mol. The van der Waals surface area contributed by atoms with Crippen LogP contribution in [0, 0.1) is 10.1 Å². The fourth-order valence-electron chi connectivity index (χ4n) is 2.61. The number of nitrogens with zero attached hydrogens (tertiary/aromatic N) is 1. The lowest BCUT2D eigenvalue weighted by atomic mass is 10.1. The van der Waals surface area contributed by atoms with E-state index in [4.69, 9.17) is 14.2 Å². The van der Waals surface area contributed by atoms with Gasteiger partial charge in [0.1, 0.15) is 17.1 Å². The predicted molar refractivity (Wildman–Crippen MR) is 104 cm³/mol. The van der Waals surface area contributed by atoms with Gasteiger partial charge in [0.25, 0.3) is 5.69 Å². The number of nitro benzene ring substituents is 1. The van der Waals surface area contributed by atoms with E-state index in [0.29, 0.717) is 22.6 Å². The van der Waals surface area contributed by atoms with Gasteiger partial charge in [-0.3, -0.25) is 14.9 Å². The number of ketones is 1. The number of esters is 1. The summed E-state index contributed by atoms with van der Waals surface area (Å²) in [5.41, 5.74) is 0.308. The minimum absolute atomic E-state index is 0.0409. The Morgan fingerprint density at radius 1 is 1.17 bits per heavy atom. The Balaban J connectivity index is 1.70. The molecule has 3 rings (SSSR count). The third kappa shape index (κ3) is 4.98. The van der Waals surface area contributed by atoms with Crippen molar-refractivity contribution in [2.24, 2.45) is 0 Å². The summed E-state index contributed by atoms with van der Waals surface area (Å²) in [6, 6.07) is 10.4. The molecule has 0 aromatic heterocycles. The fourth-order valence-corrected chi connectivity index (χ4v) is 2.61. The SMILES string of the molecule is CC(C)(C)OC(=O)COc1ccc2c(c1)O/C(=C/c1ccc([N+](=O)[O-])cc1)C2=O. The molecular weight excluding hydrogens is 378 g/mol. The molecule has 1 aliphatic heterocycles. The maximum absolute atomic E-state index is 12.5. The number of hydrogen-bond acceptors (Lipinski definition) is 7. The first kappa shape index (κ1) is 20.1. The lowest BCUT2D eigenvalue weighted by molar-refractivity contribution is -0.384. The number of fused-ring (bicyclic) bond motifs is 1. The van der Waals surface area contributed by atoms with Crippen LogP contribution in [0.1, 0.15) is 36.7 Å². The Labute approximate surface area is 166 Å². The van der Waals surface area contributed by atoms with E-state index in [-0.39, 0.29) is 23.8 Å². The normalized spacial score (nSPS) is 14.3. The van der Waals surface area contributed by atoms with Gasteiger partial charge in [0.15, 0.2) is 12.4 Å². The second kappa shape index (κ2) is 7.75. The molecule has 0 amide bonds. The lowest BCUT2D eigenvalue weighted by Gasteiger charge is -2.19. The summed E-state index contributed by atoms with van der Waals surface area (Å²) in [5, 5.41) is 10.7. The van der Waals surface area contributed by atoms with Gasteiger partial charge in [0.05, 0.1) is 10.5 Å². The topological polar surface area (TPSA) is 105 Å². The minimum Gasteiger partial charge on any atom is -0.482 e. The van der Waals surface area contributed by atoms with Crippen LogP contribution in [0.15, 0.2) is 48.2 Å². The number of nitro groups is 1. The Morgan fingerprint density at radius 2 is 1.86 bits per heavy atom. The van der Waals surface area contributed by atoms with Gasteiger partial charge in [-0.15, -0.1) is 0 Å². The number of allylic oxidation sites excluding steroid dienone is 1. The van der Waals surface area contributed by atoms with E-state index in [9.17, 15) is 19.7 Å². The molecule has 0 spiro atoms. The largest absolute Gasteiger partial charge is 0.482 e. The zero-order valence-electron chi connectivity index (χ0n) is 16.1. The van der Waals surface area contributed by atoms with Crippen LogP contribution in [-0.2, 0) is 9.53 Å². The smallest absolute Gasteiger partial charge is 0.344 e. The first-order valence-corrected chi connectivity index (χ1v) is 8.80. The van der Waals surface area contributed by atoms with Crippen molar-refractivity contribution in [3.63, 3.8) is 0 Å². The number of rotatable bonds is 5. The van der Waals surface area contributed by atoms with Crippen LogP contribution in [0.4, 0.5) is 5.69 Å². The third-order valence-electron chi connectivity index (χ3n) is 3.82. The zero-order valence-corrected chi connectivity index (χ0v) is 16.1. The van der Waals surface area contributed by atoms with E-state index in [0.717, 1.165) is 0 Å². The second-order valence-electron chi connectivity index (χ2n) is 7.32. The fraction of sp³-hybridized carbons (Fsp3) is 0.238. The molecule has 0 bridgehead atoms. The van der Waals surface area contributed by atoms with E-state index >= 15 is 0 Å². The van der Waals surface area contributed by atoms with Gasteiger partial charge in [0, 0.05) is 18.2 Å². The number of non-ortho nitro benzene ring substituents is 1. The molecule has 0 N–H and O–H groups in total. The maximum Gasteiger partial charge on any atom is 0.344 e. The van der Waals surface area contributed by atoms with Crippen molar-refractivity contribution in [1.29, 1.82) is 0 Å². The molecule has 0 saturated heterocycles. The number of carbonyl (C=O) groups is 2. The molecule has 150 valence electrons. The molecule has 29 heavy (non-hydrogen) atoms. The molecule has 8 heteroatoms. The maximum atomic E-state index is 12.5. The highest BCUT2D eigenvalue weighted by molar-refractivity contribution is 6.14. The number of hydrogen-bond donors (Lipinski definition) is 0. The lowest BCUT2D eigenvalue weighted by Crippen LogP contribution is -2.27. The summed E-state index contributed by atoms with van der Waals surface area (Å²) < 4.78 is 16.2. The highest BCUT2D eigenvalue weighted by atomic mass is 16.6. The van der Waals surface area contributed by atoms with Crippen LogP contribution in [0.25, 0.3) is 6.08 Å². The van der Waals surface area contributed by atoms with Crippen molar-refractivity contribution in [2.45, 2.75) is 26.4 Å². The van der Waals surface area contributed by atoms with Crippen molar-refractivity contribution < 1.29 is 28.7 Å². The summed E-state index contributed by atoms with van der Waals surface area (Å²) in [6.45, 7) is 5.02. The van der Waals surface area contributed by atoms with E-state index in [1.54, 1.807) is 32.9 Å². The van der Waals surface area contributed by atoms with Crippen LogP contribution in [-0.4, -0.2) is 28.9 Å². The Kier molecular flexibility index (Phi) is 5.36. The van der Waals surface area contributed by atoms with Crippen molar-refractivity contribution in [2.75, 3.05) is 6.61 Å². The molecule has 0 saturated carbocycles. The summed E-state index contributed by atoms with van der Waals surface area (Å²) in [4.78, 5) is 34.5. The van der Waals surface area contributed by atoms with Crippen LogP contribution in [0.5, 0.6) is 11.5 Å². The second-order valence-corrected chi connectivity index (χ2v) is 7.32. The summed E-state index contributed by atoms with van der Waals surface area (Å²) in [5.74, 6) is -0.0483. The van der Waals surface area contributed by atoms with Crippen molar-refractivity contribution in [3.8, 4) is 11.5 Å². The summed E-state index contributed by atoms with van der Waals surface area (Å²) >= 11 is 0. The van der Waals surface area contributed by atoms with E-state index in [1.807, 2.05) is 0 Å². The van der Waals surface area contributed by atoms with Gasteiger partial charge < -0.3 is 14.2 Å². The quantitative estimate of drug-likeness (QED) is 0.326. The molecule has 0 atom stereocenters. The molecule has 0 unspecified atom stereocenters. The molecular formula is C21H19NO7. The highest BCUT2D eigenvalue weighted by Crippen LogP contribution is 2.35. The first-order valence-electron chi connectivity index (χ1n) is 8.80. The van der Waals surface area contributed by atoms with Crippen molar-refractivity contribution >= 4 is 23.5 Å². The summed E-state index contributed by atoms with van der Waals surface area (Å²) in [7, 11) is 0. The molecule has 2 aromatic rings. The number of Topliss-reactive ketones (excluding diaryl/α,β-unsaturated/α-hetero) is 1. The average Bonchev–Trinajstić information content (AvgIpc) is 2.94. The van der Waals surface area contributed by atoms with Crippen LogP contribution >= 0.6 is 0 Å². The number of benzene rings is 2. The summed E-state index contributed by atoms with van der Waals surface area (Å²) in [6.07, 6.45) is 1.51. The third-order valence-corrected chi connectivity index (χ3v) is 3.82. The van der Waals surface area contributed by atoms with Gasteiger partial charge >= 0.3 is 5.97 Å². The van der Waals surface area contributed by atoms with Gasteiger partial charge in [0.2, 0.25) is 5.78 Å². The number of carbonyl (C=O) groups excluding carboxylic acids is 2. The predicted octanol–water partition coefficient (Wildman–Crippen LogP) is 3.93. The molecule has 8 nitrogen and oxygen atoms in total. The first-order chi connectivity index (χ1) is 13.6. The van der Waals surface area contributed by atoms with Crippen LogP contribution < -0.4 is 9.47 Å². The standard InChI is InChI=1S/C21H19NO7/c1-21(2,3)29-19(23)12-27-15-8-9-16-17(11-15)28-18(20(16)24)10-13-4-6-14(7-5-13)22(25)26/h4-11H,12H2,1-3H3/b18-10+. The highest BCUT2D eigenvalue weighted by Gasteiger charge is 2.28. The molecule has 0 fully saturated rings. The van der Waals surface area contributed by atoms with E-state index in [2.05, 4.69) is 0 Å². The molecule has 2 aromatic carbocycles. The molecule has 1 heterocycles. The number of ether oxygens (including phenoxy) is 3. The van der Waals surface area contributed by atoms with E-state index in [1.165, 1.54) is 36.4 Å². The minimum atomic E-state index is -0.606.